The molecule has 4 heteroatoms. The molecule has 12 heavy (non-hydrogen) atoms. The van der Waals surface area contributed by atoms with Crippen molar-refractivity contribution >= 4 is 30.3 Å². The molecule has 0 unspecified atom stereocenters. The molecule has 0 saturated heterocycles. The molecule has 2 nitrogen and oxygen atoms in total. The maximum atomic E-state index is 5.61. The number of thiol groups is 1. The first-order chi connectivity index (χ1) is 5.83. The van der Waals surface area contributed by atoms with Gasteiger partial charge in [0.15, 0.2) is 5.82 Å². The van der Waals surface area contributed by atoms with Gasteiger partial charge in [0.2, 0.25) is 0 Å². The van der Waals surface area contributed by atoms with E-state index in [1.54, 1.807) is 12.4 Å². The van der Waals surface area contributed by atoms with Crippen molar-refractivity contribution in [2.75, 3.05) is 5.75 Å². The first-order valence-corrected chi connectivity index (χ1v) is 4.59. The van der Waals surface area contributed by atoms with E-state index in [1.165, 1.54) is 0 Å². The Morgan fingerprint density at radius 2 is 2.08 bits per heavy atom. The highest BCUT2D eigenvalue weighted by Crippen LogP contribution is 2.03. The normalized spacial score (nSPS) is 10.8. The number of halogens is 1. The quantitative estimate of drug-likeness (QED) is 0.759. The monoisotopic (exact) mass is 200 g/mol. The van der Waals surface area contributed by atoms with Crippen molar-refractivity contribution in [3.63, 3.8) is 0 Å². The summed E-state index contributed by atoms with van der Waals surface area (Å²) in [5.41, 5.74) is 0. The van der Waals surface area contributed by atoms with Gasteiger partial charge in [0, 0.05) is 12.4 Å². The van der Waals surface area contributed by atoms with Crippen molar-refractivity contribution in [1.29, 1.82) is 0 Å². The third-order valence-electron chi connectivity index (χ3n) is 1.20. The maximum absolute atomic E-state index is 5.61. The van der Waals surface area contributed by atoms with Gasteiger partial charge in [0.05, 0.1) is 5.02 Å². The first kappa shape index (κ1) is 9.55. The van der Waals surface area contributed by atoms with Crippen molar-refractivity contribution in [2.45, 2.75) is 6.42 Å². The van der Waals surface area contributed by atoms with E-state index < -0.39 is 0 Å². The highest BCUT2D eigenvalue weighted by molar-refractivity contribution is 7.80. The number of aromatic nitrogens is 2. The van der Waals surface area contributed by atoms with Gasteiger partial charge in [-0.15, -0.1) is 0 Å². The minimum atomic E-state index is 0.557. The molecule has 64 valence electrons. The largest absolute Gasteiger partial charge is 0.236 e. The van der Waals surface area contributed by atoms with E-state index in [0.717, 1.165) is 12.2 Å². The number of hydrogen-bond donors (Lipinski definition) is 1. The lowest BCUT2D eigenvalue weighted by molar-refractivity contribution is 1.13. The molecule has 0 bridgehead atoms. The highest BCUT2D eigenvalue weighted by Gasteiger charge is 1.89. The maximum Gasteiger partial charge on any atom is 0.151 e. The van der Waals surface area contributed by atoms with Crippen molar-refractivity contribution in [3.8, 4) is 0 Å². The zero-order valence-corrected chi connectivity index (χ0v) is 8.09. The summed E-state index contributed by atoms with van der Waals surface area (Å²) in [6.07, 6.45) is 7.92. The summed E-state index contributed by atoms with van der Waals surface area (Å²) in [6.45, 7) is 0. The van der Waals surface area contributed by atoms with Crippen molar-refractivity contribution in [2.24, 2.45) is 0 Å². The fourth-order valence-electron chi connectivity index (χ4n) is 0.672. The Hall–Kier alpha value is -0.540. The molecule has 0 aliphatic carbocycles. The molecule has 1 rings (SSSR count). The predicted octanol–water partition coefficient (Wildman–Crippen LogP) is 2.46. The Labute approximate surface area is 82.1 Å². The molecule has 0 aliphatic rings. The second kappa shape index (κ2) is 5.17. The third kappa shape index (κ3) is 3.24. The molecule has 1 aromatic rings. The highest BCUT2D eigenvalue weighted by atomic mass is 35.5. The second-order valence-corrected chi connectivity index (χ2v) is 3.06. The molecule has 1 aromatic heterocycles. The lowest BCUT2D eigenvalue weighted by Crippen LogP contribution is -1.84. The molecule has 0 amide bonds. The Morgan fingerprint density at radius 1 is 1.42 bits per heavy atom. The van der Waals surface area contributed by atoms with E-state index in [1.807, 2.05) is 12.2 Å². The Balaban J connectivity index is 2.58. The molecule has 0 saturated carbocycles. The van der Waals surface area contributed by atoms with Crippen LogP contribution in [0.5, 0.6) is 0 Å². The molecular formula is C8H9ClN2S. The number of rotatable bonds is 3. The Kier molecular flexibility index (Phi) is 4.11. The SMILES string of the molecule is SCCC=Cc1ncc(Cl)cn1. The zero-order chi connectivity index (χ0) is 8.81. The van der Waals surface area contributed by atoms with Gasteiger partial charge in [-0.25, -0.2) is 9.97 Å². The number of nitrogens with zero attached hydrogens (tertiary/aromatic N) is 2. The van der Waals surface area contributed by atoms with Crippen LogP contribution in [-0.4, -0.2) is 15.7 Å². The lowest BCUT2D eigenvalue weighted by Gasteiger charge is -1.90. The minimum absolute atomic E-state index is 0.557. The molecule has 1 heterocycles. The van der Waals surface area contributed by atoms with Crippen LogP contribution in [0.25, 0.3) is 6.08 Å². The lowest BCUT2D eigenvalue weighted by atomic mass is 10.4. The average molecular weight is 201 g/mol. The predicted molar refractivity (Wildman–Crippen MR) is 54.5 cm³/mol. The third-order valence-corrected chi connectivity index (χ3v) is 1.66. The molecule has 0 aromatic carbocycles. The van der Waals surface area contributed by atoms with Crippen LogP contribution in [-0.2, 0) is 0 Å². The van der Waals surface area contributed by atoms with E-state index >= 15 is 0 Å². The van der Waals surface area contributed by atoms with Gasteiger partial charge in [0.25, 0.3) is 0 Å². The van der Waals surface area contributed by atoms with Crippen LogP contribution in [0, 0.1) is 0 Å². The molecule has 0 N–H and O–H groups in total. The fourth-order valence-corrected chi connectivity index (χ4v) is 0.918. The van der Waals surface area contributed by atoms with Crippen LogP contribution < -0.4 is 0 Å². The zero-order valence-electron chi connectivity index (χ0n) is 6.44. The van der Waals surface area contributed by atoms with Gasteiger partial charge < -0.3 is 0 Å². The van der Waals surface area contributed by atoms with E-state index in [9.17, 15) is 0 Å². The van der Waals surface area contributed by atoms with Gasteiger partial charge in [-0.2, -0.15) is 12.6 Å². The van der Waals surface area contributed by atoms with E-state index in [2.05, 4.69) is 22.6 Å². The summed E-state index contributed by atoms with van der Waals surface area (Å²) >= 11 is 9.68. The summed E-state index contributed by atoms with van der Waals surface area (Å²) in [6, 6.07) is 0. The topological polar surface area (TPSA) is 25.8 Å². The van der Waals surface area contributed by atoms with E-state index in [-0.39, 0.29) is 0 Å². The van der Waals surface area contributed by atoms with Crippen LogP contribution >= 0.6 is 24.2 Å². The molecular weight excluding hydrogens is 192 g/mol. The van der Waals surface area contributed by atoms with Crippen LogP contribution in [0.15, 0.2) is 18.5 Å². The van der Waals surface area contributed by atoms with Crippen molar-refractivity contribution < 1.29 is 0 Å². The summed E-state index contributed by atoms with van der Waals surface area (Å²) in [4.78, 5) is 7.99. The van der Waals surface area contributed by atoms with Crippen LogP contribution in [0.1, 0.15) is 12.2 Å². The summed E-state index contributed by atoms with van der Waals surface area (Å²) in [7, 11) is 0. The van der Waals surface area contributed by atoms with Crippen molar-refractivity contribution in [3.05, 3.63) is 29.3 Å². The second-order valence-electron chi connectivity index (χ2n) is 2.17. The number of hydrogen-bond acceptors (Lipinski definition) is 3. The van der Waals surface area contributed by atoms with E-state index in [0.29, 0.717) is 10.8 Å². The standard InChI is InChI=1S/C8H9ClN2S/c9-7-5-10-8(11-6-7)3-1-2-4-12/h1,3,5-6,12H,2,4H2. The van der Waals surface area contributed by atoms with Gasteiger partial charge >= 0.3 is 0 Å². The fraction of sp³-hybridized carbons (Fsp3) is 0.250. The first-order valence-electron chi connectivity index (χ1n) is 3.58. The molecule has 0 fully saturated rings. The van der Waals surface area contributed by atoms with Crippen LogP contribution in [0.4, 0.5) is 0 Å². The molecule has 0 atom stereocenters. The Morgan fingerprint density at radius 3 is 2.67 bits per heavy atom. The molecule has 0 spiro atoms. The van der Waals surface area contributed by atoms with Gasteiger partial charge in [-0.3, -0.25) is 0 Å². The summed E-state index contributed by atoms with van der Waals surface area (Å²) < 4.78 is 0. The summed E-state index contributed by atoms with van der Waals surface area (Å²) in [5, 5.41) is 0.557. The summed E-state index contributed by atoms with van der Waals surface area (Å²) in [5.74, 6) is 1.52. The van der Waals surface area contributed by atoms with E-state index in [4.69, 9.17) is 11.6 Å². The van der Waals surface area contributed by atoms with Crippen molar-refractivity contribution in [1.82, 2.24) is 9.97 Å². The van der Waals surface area contributed by atoms with Gasteiger partial charge in [-0.1, -0.05) is 17.7 Å². The molecule has 0 aliphatic heterocycles. The smallest absolute Gasteiger partial charge is 0.151 e. The number of allylic oxidation sites excluding steroid dienone is 1. The minimum Gasteiger partial charge on any atom is -0.236 e. The average Bonchev–Trinajstić information content (AvgIpc) is 2.09. The molecule has 0 radical (unpaired) electrons. The Bertz CT molecular complexity index is 258. The van der Waals surface area contributed by atoms with Crippen LogP contribution in [0.3, 0.4) is 0 Å². The van der Waals surface area contributed by atoms with Gasteiger partial charge in [0.1, 0.15) is 0 Å². The van der Waals surface area contributed by atoms with Crippen LogP contribution in [0.2, 0.25) is 5.02 Å². The van der Waals surface area contributed by atoms with Gasteiger partial charge in [-0.05, 0) is 18.2 Å².